The molecule has 0 aliphatic carbocycles. The second kappa shape index (κ2) is 16.0. The van der Waals surface area contributed by atoms with Crippen LogP contribution in [0.5, 0.6) is 5.75 Å². The molecule has 0 radical (unpaired) electrons. The number of sulfonamides is 1. The summed E-state index contributed by atoms with van der Waals surface area (Å²) in [5.74, 6) is 2.71. The third-order valence-electron chi connectivity index (χ3n) is 7.73. The van der Waals surface area contributed by atoms with Gasteiger partial charge in [-0.1, -0.05) is 56.7 Å². The molecule has 4 rings (SSSR count). The van der Waals surface area contributed by atoms with Gasteiger partial charge in [0.1, 0.15) is 5.75 Å². The van der Waals surface area contributed by atoms with Crippen LogP contribution in [-0.4, -0.2) is 74.4 Å². The predicted octanol–water partition coefficient (Wildman–Crippen LogP) is 5.12. The number of hydrogen-bond donors (Lipinski definition) is 2. The zero-order valence-corrected chi connectivity index (χ0v) is 28.4. The van der Waals surface area contributed by atoms with E-state index in [0.717, 1.165) is 46.8 Å². The van der Waals surface area contributed by atoms with Crippen molar-refractivity contribution in [3.63, 3.8) is 0 Å². The number of rotatable bonds is 17. The molecule has 0 unspecified atom stereocenters. The van der Waals surface area contributed by atoms with Gasteiger partial charge in [-0.15, -0.1) is 15.0 Å². The minimum Gasteiger partial charge on any atom is -0.493 e. The predicted molar refractivity (Wildman–Crippen MR) is 183 cm³/mol. The highest BCUT2D eigenvalue weighted by Gasteiger charge is 2.27. The lowest BCUT2D eigenvalue weighted by atomic mass is 10.1. The second-order valence-electron chi connectivity index (χ2n) is 11.5. The molecule has 0 fully saturated rings. The molecule has 12 heteroatoms. The topological polar surface area (TPSA) is 126 Å². The van der Waals surface area contributed by atoms with Crippen molar-refractivity contribution in [2.24, 2.45) is 10.1 Å². The van der Waals surface area contributed by atoms with Crippen LogP contribution >= 0.6 is 0 Å². The van der Waals surface area contributed by atoms with Crippen LogP contribution < -0.4 is 19.7 Å². The SMILES string of the molecule is CCCCCCCCOc1ccc(C)cc1Cc1nc2n(n1)N=C(NC)/C2=N/c1ccc(N(CC)CCNS(C)(=O)=O)cc1C. The van der Waals surface area contributed by atoms with Crippen LogP contribution in [-0.2, 0) is 16.4 Å². The lowest BCUT2D eigenvalue weighted by molar-refractivity contribution is 0.301. The van der Waals surface area contributed by atoms with Crippen LogP contribution in [0, 0.1) is 13.8 Å². The van der Waals surface area contributed by atoms with Crippen molar-refractivity contribution in [2.75, 3.05) is 44.4 Å². The monoisotopic (exact) mass is 636 g/mol. The molecular formula is C33H48N8O3S. The van der Waals surface area contributed by atoms with E-state index in [4.69, 9.17) is 14.7 Å². The van der Waals surface area contributed by atoms with E-state index in [2.05, 4.69) is 57.2 Å². The Bertz CT molecular complexity index is 1610. The van der Waals surface area contributed by atoms with Gasteiger partial charge in [-0.3, -0.25) is 0 Å². The minimum absolute atomic E-state index is 0.338. The van der Waals surface area contributed by atoms with Gasteiger partial charge >= 0.3 is 0 Å². The summed E-state index contributed by atoms with van der Waals surface area (Å²) >= 11 is 0. The summed E-state index contributed by atoms with van der Waals surface area (Å²) in [6, 6.07) is 12.3. The lowest BCUT2D eigenvalue weighted by Gasteiger charge is -2.24. The largest absolute Gasteiger partial charge is 0.493 e. The minimum atomic E-state index is -3.23. The average Bonchev–Trinajstić information content (AvgIpc) is 3.53. The number of nitrogens with zero attached hydrogens (tertiary/aromatic N) is 6. The standard InChI is InChI=1S/C33H48N8O3S/c1-7-9-10-11-12-13-20-44-29-17-14-24(3)21-26(29)23-30-37-33-31(32(34-5)39-41(33)38-30)36-28-16-15-27(22-25(28)4)40(8-2)19-18-35-45(6,42)43/h14-17,21-22,35H,7-13,18-20,23H2,1-6H3,(H,34,39)/b36-31-. The van der Waals surface area contributed by atoms with E-state index in [0.29, 0.717) is 49.3 Å². The van der Waals surface area contributed by atoms with Gasteiger partial charge in [-0.25, -0.2) is 23.1 Å². The van der Waals surface area contributed by atoms with E-state index in [-0.39, 0.29) is 0 Å². The number of unbranched alkanes of at least 4 members (excludes halogenated alkanes) is 5. The molecular weight excluding hydrogens is 588 g/mol. The first-order valence-corrected chi connectivity index (χ1v) is 17.9. The summed E-state index contributed by atoms with van der Waals surface area (Å²) in [6.07, 6.45) is 9.04. The average molecular weight is 637 g/mol. The van der Waals surface area contributed by atoms with Crippen molar-refractivity contribution < 1.29 is 13.2 Å². The van der Waals surface area contributed by atoms with Crippen molar-refractivity contribution in [2.45, 2.75) is 72.6 Å². The number of aryl methyl sites for hydroxylation is 2. The molecule has 0 atom stereocenters. The first kappa shape index (κ1) is 34.1. The highest BCUT2D eigenvalue weighted by atomic mass is 32.2. The molecule has 0 amide bonds. The molecule has 45 heavy (non-hydrogen) atoms. The molecule has 3 aromatic rings. The van der Waals surface area contributed by atoms with Crippen molar-refractivity contribution in [3.8, 4) is 5.75 Å². The number of aromatic nitrogens is 3. The van der Waals surface area contributed by atoms with Crippen LogP contribution in [0.3, 0.4) is 0 Å². The number of nitrogens with one attached hydrogen (secondary N) is 2. The first-order valence-electron chi connectivity index (χ1n) is 16.0. The quantitative estimate of drug-likeness (QED) is 0.197. The second-order valence-corrected chi connectivity index (χ2v) is 13.4. The van der Waals surface area contributed by atoms with Crippen LogP contribution in [0.4, 0.5) is 11.4 Å². The summed E-state index contributed by atoms with van der Waals surface area (Å²) in [5.41, 5.74) is 5.62. The van der Waals surface area contributed by atoms with E-state index in [9.17, 15) is 8.42 Å². The summed E-state index contributed by atoms with van der Waals surface area (Å²) in [4.78, 5) is 13.5. The van der Waals surface area contributed by atoms with Gasteiger partial charge in [-0.05, 0) is 57.0 Å². The number of anilines is 1. The Labute approximate surface area is 268 Å². The Morgan fingerprint density at radius 2 is 1.80 bits per heavy atom. The summed E-state index contributed by atoms with van der Waals surface area (Å²) in [6.45, 7) is 10.7. The van der Waals surface area contributed by atoms with E-state index < -0.39 is 10.0 Å². The smallest absolute Gasteiger partial charge is 0.208 e. The molecule has 0 saturated carbocycles. The summed E-state index contributed by atoms with van der Waals surface area (Å²) in [5, 5.41) is 12.4. The number of benzene rings is 2. The number of hydrogen-bond acceptors (Lipinski definition) is 9. The maximum absolute atomic E-state index is 11.5. The molecule has 1 aliphatic heterocycles. The van der Waals surface area contributed by atoms with Gasteiger partial charge in [0.05, 0.1) is 18.6 Å². The van der Waals surface area contributed by atoms with Gasteiger partial charge in [0.25, 0.3) is 0 Å². The number of amidine groups is 1. The number of aliphatic imine (C=N–C) groups is 1. The third-order valence-corrected chi connectivity index (χ3v) is 8.46. The molecule has 11 nitrogen and oxygen atoms in total. The molecule has 1 aromatic heterocycles. The van der Waals surface area contributed by atoms with E-state index >= 15 is 0 Å². The normalized spacial score (nSPS) is 13.6. The van der Waals surface area contributed by atoms with E-state index in [1.807, 2.05) is 39.1 Å². The fourth-order valence-corrected chi connectivity index (χ4v) is 5.76. The lowest BCUT2D eigenvalue weighted by Crippen LogP contribution is -2.34. The Kier molecular flexibility index (Phi) is 12.1. The first-order chi connectivity index (χ1) is 21.6. The number of ether oxygens (including phenoxy) is 1. The maximum Gasteiger partial charge on any atom is 0.208 e. The van der Waals surface area contributed by atoms with Gasteiger partial charge in [0.2, 0.25) is 15.8 Å². The number of fused-ring (bicyclic) bond motifs is 1. The van der Waals surface area contributed by atoms with Crippen molar-refractivity contribution in [3.05, 3.63) is 64.7 Å². The molecule has 0 spiro atoms. The van der Waals surface area contributed by atoms with E-state index in [1.54, 1.807) is 4.79 Å². The zero-order chi connectivity index (χ0) is 32.4. The molecule has 2 N–H and O–H groups in total. The van der Waals surface area contributed by atoms with Crippen molar-refractivity contribution in [1.29, 1.82) is 0 Å². The fourth-order valence-electron chi connectivity index (χ4n) is 5.30. The van der Waals surface area contributed by atoms with Gasteiger partial charge in [-0.2, -0.15) is 0 Å². The van der Waals surface area contributed by atoms with Crippen LogP contribution in [0.1, 0.15) is 80.7 Å². The number of likely N-dealkylation sites (N-methyl/N-ethyl adjacent to an activating group) is 2. The van der Waals surface area contributed by atoms with Crippen LogP contribution in [0.2, 0.25) is 0 Å². The van der Waals surface area contributed by atoms with Gasteiger partial charge in [0.15, 0.2) is 17.4 Å². The molecule has 244 valence electrons. The Morgan fingerprint density at radius 3 is 2.51 bits per heavy atom. The zero-order valence-electron chi connectivity index (χ0n) is 27.6. The van der Waals surface area contributed by atoms with Crippen molar-refractivity contribution >= 4 is 32.9 Å². The fraction of sp³-hybridized carbons (Fsp3) is 0.515. The van der Waals surface area contributed by atoms with Gasteiger partial charge in [0, 0.05) is 44.4 Å². The van der Waals surface area contributed by atoms with Crippen LogP contribution in [0.25, 0.3) is 0 Å². The molecule has 2 aromatic carbocycles. The Balaban J connectivity index is 1.49. The third kappa shape index (κ3) is 9.61. The highest BCUT2D eigenvalue weighted by molar-refractivity contribution is 7.88. The maximum atomic E-state index is 11.5. The van der Waals surface area contributed by atoms with Gasteiger partial charge < -0.3 is 15.0 Å². The van der Waals surface area contributed by atoms with E-state index in [1.165, 1.54) is 38.4 Å². The molecule has 1 aliphatic rings. The highest BCUT2D eigenvalue weighted by Crippen LogP contribution is 2.27. The summed E-state index contributed by atoms with van der Waals surface area (Å²) < 4.78 is 31.7. The molecule has 2 heterocycles. The van der Waals surface area contributed by atoms with Crippen molar-refractivity contribution in [1.82, 2.24) is 24.9 Å². The Morgan fingerprint density at radius 1 is 1.02 bits per heavy atom. The van der Waals surface area contributed by atoms with Crippen LogP contribution in [0.15, 0.2) is 46.5 Å². The molecule has 0 saturated heterocycles. The summed E-state index contributed by atoms with van der Waals surface area (Å²) in [7, 11) is -1.42. The molecule has 0 bridgehead atoms. The Hall–Kier alpha value is -3.77.